The molecular formula is C46H29NO2. The summed E-state index contributed by atoms with van der Waals surface area (Å²) in [5.74, 6) is 0. The highest BCUT2D eigenvalue weighted by molar-refractivity contribution is 6.18. The Hall–Kier alpha value is -6.58. The first-order chi connectivity index (χ1) is 24.3. The average molecular weight is 628 g/mol. The van der Waals surface area contributed by atoms with Crippen LogP contribution in [0.2, 0.25) is 0 Å². The molecule has 2 aromatic heterocycles. The second-order valence-corrected chi connectivity index (χ2v) is 12.6. The lowest BCUT2D eigenvalue weighted by Gasteiger charge is -2.12. The van der Waals surface area contributed by atoms with Gasteiger partial charge in [0.25, 0.3) is 0 Å². The fourth-order valence-electron chi connectivity index (χ4n) is 7.38. The molecule has 230 valence electrons. The Morgan fingerprint density at radius 3 is 1.90 bits per heavy atom. The van der Waals surface area contributed by atoms with E-state index in [1.807, 2.05) is 18.2 Å². The zero-order chi connectivity index (χ0) is 32.3. The standard InChI is InChI=1S/C46H29NO2/c1-2-16-35-29(10-1)11-7-18-36(35)32-13-5-14-33(26-32)37-19-8-22-42-45(37)46-40(20-9-23-43(46)49-42)47-34-15-6-12-30(27-34)31-24-25-39-38-17-3-4-21-41(38)48-44(39)28-31/h1-28,47H. The minimum atomic E-state index is 0.851. The molecule has 0 bridgehead atoms. The molecule has 0 radical (unpaired) electrons. The smallest absolute Gasteiger partial charge is 0.137 e. The molecule has 0 fully saturated rings. The number of furan rings is 2. The van der Waals surface area contributed by atoms with E-state index in [0.29, 0.717) is 0 Å². The molecule has 0 atom stereocenters. The molecule has 0 saturated heterocycles. The molecule has 10 rings (SSSR count). The van der Waals surface area contributed by atoms with E-state index >= 15 is 0 Å². The molecule has 0 saturated carbocycles. The van der Waals surface area contributed by atoms with Crippen LogP contribution in [0.5, 0.6) is 0 Å². The lowest BCUT2D eigenvalue weighted by Crippen LogP contribution is -1.92. The molecule has 8 aromatic carbocycles. The zero-order valence-electron chi connectivity index (χ0n) is 26.5. The largest absolute Gasteiger partial charge is 0.456 e. The van der Waals surface area contributed by atoms with E-state index in [0.717, 1.165) is 77.5 Å². The molecule has 0 aliphatic heterocycles. The first-order valence-corrected chi connectivity index (χ1v) is 16.6. The average Bonchev–Trinajstić information content (AvgIpc) is 3.73. The van der Waals surface area contributed by atoms with Gasteiger partial charge in [-0.3, -0.25) is 0 Å². The van der Waals surface area contributed by atoms with E-state index in [9.17, 15) is 0 Å². The maximum atomic E-state index is 6.47. The van der Waals surface area contributed by atoms with Crippen molar-refractivity contribution in [3.8, 4) is 33.4 Å². The molecule has 49 heavy (non-hydrogen) atoms. The van der Waals surface area contributed by atoms with Crippen molar-refractivity contribution < 1.29 is 8.83 Å². The molecule has 0 aliphatic rings. The summed E-state index contributed by atoms with van der Waals surface area (Å²) in [4.78, 5) is 0. The second-order valence-electron chi connectivity index (χ2n) is 12.6. The van der Waals surface area contributed by atoms with Crippen molar-refractivity contribution in [3.63, 3.8) is 0 Å². The first-order valence-electron chi connectivity index (χ1n) is 16.6. The molecule has 2 heterocycles. The third-order valence-corrected chi connectivity index (χ3v) is 9.65. The molecule has 1 N–H and O–H groups in total. The minimum absolute atomic E-state index is 0.851. The Labute approximate surface area is 282 Å². The maximum Gasteiger partial charge on any atom is 0.137 e. The van der Waals surface area contributed by atoms with Crippen LogP contribution in [0.4, 0.5) is 11.4 Å². The summed E-state index contributed by atoms with van der Waals surface area (Å²) in [6.45, 7) is 0. The highest BCUT2D eigenvalue weighted by Gasteiger charge is 2.17. The molecule has 0 spiro atoms. The predicted octanol–water partition coefficient (Wildman–Crippen LogP) is 13.4. The van der Waals surface area contributed by atoms with Crippen molar-refractivity contribution in [3.05, 3.63) is 170 Å². The van der Waals surface area contributed by atoms with Gasteiger partial charge < -0.3 is 14.2 Å². The SMILES string of the molecule is c1cc(Nc2cccc3oc4cccc(-c5cccc(-c6cccc7ccccc67)c5)c4c23)cc(-c2ccc3c(c2)oc2ccccc23)c1. The second kappa shape index (κ2) is 11.0. The van der Waals surface area contributed by atoms with Crippen LogP contribution in [0.25, 0.3) is 88.0 Å². The first kappa shape index (κ1) is 27.5. The molecule has 0 unspecified atom stereocenters. The van der Waals surface area contributed by atoms with E-state index in [2.05, 4.69) is 157 Å². The van der Waals surface area contributed by atoms with Crippen molar-refractivity contribution >= 4 is 66.0 Å². The van der Waals surface area contributed by atoms with Crippen LogP contribution in [0.1, 0.15) is 0 Å². The zero-order valence-corrected chi connectivity index (χ0v) is 26.5. The van der Waals surface area contributed by atoms with Crippen LogP contribution in [0.3, 0.4) is 0 Å². The van der Waals surface area contributed by atoms with Gasteiger partial charge in [0.05, 0.1) is 11.1 Å². The third-order valence-electron chi connectivity index (χ3n) is 9.65. The topological polar surface area (TPSA) is 38.3 Å². The van der Waals surface area contributed by atoms with Gasteiger partial charge in [-0.05, 0) is 98.8 Å². The molecule has 3 nitrogen and oxygen atoms in total. The number of para-hydroxylation sites is 1. The van der Waals surface area contributed by atoms with E-state index < -0.39 is 0 Å². The summed E-state index contributed by atoms with van der Waals surface area (Å²) in [6.07, 6.45) is 0. The number of hydrogen-bond acceptors (Lipinski definition) is 3. The van der Waals surface area contributed by atoms with Gasteiger partial charge in [-0.15, -0.1) is 0 Å². The Balaban J connectivity index is 1.06. The Kier molecular flexibility index (Phi) is 6.18. The lowest BCUT2D eigenvalue weighted by molar-refractivity contribution is 0.668. The lowest BCUT2D eigenvalue weighted by atomic mass is 9.93. The van der Waals surface area contributed by atoms with Crippen LogP contribution in [0.15, 0.2) is 179 Å². The van der Waals surface area contributed by atoms with Crippen molar-refractivity contribution in [1.82, 2.24) is 0 Å². The summed E-state index contributed by atoms with van der Waals surface area (Å²) in [6, 6.07) is 59.7. The van der Waals surface area contributed by atoms with E-state index in [1.165, 1.54) is 21.9 Å². The van der Waals surface area contributed by atoms with E-state index in [1.54, 1.807) is 0 Å². The van der Waals surface area contributed by atoms with Crippen LogP contribution in [-0.4, -0.2) is 0 Å². The predicted molar refractivity (Wildman–Crippen MR) is 205 cm³/mol. The third kappa shape index (κ3) is 4.59. The van der Waals surface area contributed by atoms with Crippen LogP contribution in [-0.2, 0) is 0 Å². The molecule has 10 aromatic rings. The quantitative estimate of drug-likeness (QED) is 0.206. The summed E-state index contributed by atoms with van der Waals surface area (Å²) < 4.78 is 12.7. The fraction of sp³-hybridized carbons (Fsp3) is 0. The summed E-state index contributed by atoms with van der Waals surface area (Å²) in [5.41, 5.74) is 12.4. The highest BCUT2D eigenvalue weighted by Crippen LogP contribution is 2.42. The van der Waals surface area contributed by atoms with Gasteiger partial charge in [0, 0.05) is 21.8 Å². The number of anilines is 2. The Morgan fingerprint density at radius 1 is 0.347 bits per heavy atom. The van der Waals surface area contributed by atoms with Gasteiger partial charge in [0.15, 0.2) is 0 Å². The Bertz CT molecular complexity index is 2870. The van der Waals surface area contributed by atoms with Crippen LogP contribution >= 0.6 is 0 Å². The van der Waals surface area contributed by atoms with Crippen molar-refractivity contribution in [2.24, 2.45) is 0 Å². The van der Waals surface area contributed by atoms with Crippen molar-refractivity contribution in [2.75, 3.05) is 5.32 Å². The number of nitrogens with one attached hydrogen (secondary N) is 1. The number of fused-ring (bicyclic) bond motifs is 7. The molecule has 3 heteroatoms. The number of rotatable bonds is 5. The van der Waals surface area contributed by atoms with E-state index in [4.69, 9.17) is 8.83 Å². The van der Waals surface area contributed by atoms with Gasteiger partial charge in [0.2, 0.25) is 0 Å². The number of benzene rings is 8. The Morgan fingerprint density at radius 2 is 0.959 bits per heavy atom. The summed E-state index contributed by atoms with van der Waals surface area (Å²) in [7, 11) is 0. The van der Waals surface area contributed by atoms with Crippen molar-refractivity contribution in [2.45, 2.75) is 0 Å². The fourth-order valence-corrected chi connectivity index (χ4v) is 7.38. The molecular weight excluding hydrogens is 599 g/mol. The van der Waals surface area contributed by atoms with E-state index in [-0.39, 0.29) is 0 Å². The monoisotopic (exact) mass is 627 g/mol. The number of hydrogen-bond donors (Lipinski definition) is 1. The van der Waals surface area contributed by atoms with Crippen LogP contribution < -0.4 is 5.32 Å². The van der Waals surface area contributed by atoms with Crippen molar-refractivity contribution in [1.29, 1.82) is 0 Å². The van der Waals surface area contributed by atoms with Gasteiger partial charge in [0.1, 0.15) is 22.3 Å². The maximum absolute atomic E-state index is 6.47. The summed E-state index contributed by atoms with van der Waals surface area (Å²) in [5, 5.41) is 10.7. The van der Waals surface area contributed by atoms with Gasteiger partial charge in [-0.1, -0.05) is 115 Å². The summed E-state index contributed by atoms with van der Waals surface area (Å²) >= 11 is 0. The van der Waals surface area contributed by atoms with Gasteiger partial charge in [-0.2, -0.15) is 0 Å². The highest BCUT2D eigenvalue weighted by atomic mass is 16.3. The van der Waals surface area contributed by atoms with Crippen LogP contribution in [0, 0.1) is 0 Å². The molecule has 0 amide bonds. The minimum Gasteiger partial charge on any atom is -0.456 e. The van der Waals surface area contributed by atoms with Gasteiger partial charge >= 0.3 is 0 Å². The van der Waals surface area contributed by atoms with Gasteiger partial charge in [-0.25, -0.2) is 0 Å². The normalized spacial score (nSPS) is 11.7. The molecule has 0 aliphatic carbocycles.